The lowest BCUT2D eigenvalue weighted by Gasteiger charge is -2.12. The van der Waals surface area contributed by atoms with Gasteiger partial charge in [-0.15, -0.1) is 0 Å². The number of hydrogen-bond donors (Lipinski definition) is 1. The van der Waals surface area contributed by atoms with Gasteiger partial charge in [-0.1, -0.05) is 12.1 Å². The Hall–Kier alpha value is -2.04. The topological polar surface area (TPSA) is 92.8 Å². The lowest BCUT2D eigenvalue weighted by atomic mass is 10.1. The number of carbonyl (C=O) groups excluding carboxylic acids is 1. The first kappa shape index (κ1) is 17.8. The van der Waals surface area contributed by atoms with E-state index in [1.54, 1.807) is 13.0 Å². The second-order valence-electron chi connectivity index (χ2n) is 5.45. The number of rotatable bonds is 3. The van der Waals surface area contributed by atoms with Crippen LogP contribution < -0.4 is 10.1 Å². The Bertz CT molecular complexity index is 1010. The second kappa shape index (κ2) is 6.70. The van der Waals surface area contributed by atoms with Gasteiger partial charge in [0.25, 0.3) is 5.91 Å². The van der Waals surface area contributed by atoms with E-state index in [0.29, 0.717) is 17.0 Å². The maximum Gasteiger partial charge on any atom is 0.280 e. The van der Waals surface area contributed by atoms with Crippen molar-refractivity contribution in [2.24, 2.45) is 10.2 Å². The summed E-state index contributed by atoms with van der Waals surface area (Å²) >= 11 is 2.21. The number of hydrazone groups is 1. The molecule has 0 bridgehead atoms. The maximum atomic E-state index is 12.7. The van der Waals surface area contributed by atoms with Crippen molar-refractivity contribution in [1.82, 2.24) is 0 Å². The van der Waals surface area contributed by atoms with E-state index in [-0.39, 0.29) is 10.8 Å². The maximum absolute atomic E-state index is 12.7. The highest BCUT2D eigenvalue weighted by atomic mass is 127. The third kappa shape index (κ3) is 3.80. The molecule has 2 aromatic rings. The van der Waals surface area contributed by atoms with Gasteiger partial charge in [0.1, 0.15) is 0 Å². The number of sulfonamides is 1. The molecule has 0 saturated carbocycles. The van der Waals surface area contributed by atoms with E-state index in [9.17, 15) is 13.2 Å². The van der Waals surface area contributed by atoms with Gasteiger partial charge in [-0.2, -0.15) is 10.1 Å². The summed E-state index contributed by atoms with van der Waals surface area (Å²) in [5.74, 6) is -0.264. The molecule has 0 spiro atoms. The van der Waals surface area contributed by atoms with Crippen molar-refractivity contribution in [3.05, 3.63) is 63.2 Å². The molecule has 0 saturated heterocycles. The minimum absolute atomic E-state index is 0.0155. The molecule has 1 aliphatic rings. The van der Waals surface area contributed by atoms with Crippen LogP contribution in [0.25, 0.3) is 6.08 Å². The predicted molar refractivity (Wildman–Crippen MR) is 106 cm³/mol. The number of anilines is 1. The SMILES string of the molecule is CC1=NN(c2ccc(S(N)(=O)=O)cc2)C(=O)/C1=C\c1cccc(I)c1. The van der Waals surface area contributed by atoms with E-state index in [4.69, 9.17) is 5.14 Å². The van der Waals surface area contributed by atoms with Crippen molar-refractivity contribution in [2.75, 3.05) is 5.01 Å². The Balaban J connectivity index is 1.92. The van der Waals surface area contributed by atoms with Gasteiger partial charge < -0.3 is 0 Å². The molecule has 25 heavy (non-hydrogen) atoms. The molecule has 1 aliphatic heterocycles. The zero-order valence-corrected chi connectivity index (χ0v) is 16.2. The Morgan fingerprint density at radius 3 is 2.44 bits per heavy atom. The number of halogens is 1. The number of nitrogens with zero attached hydrogens (tertiary/aromatic N) is 2. The van der Waals surface area contributed by atoms with Crippen LogP contribution in [0, 0.1) is 3.57 Å². The van der Waals surface area contributed by atoms with Gasteiger partial charge in [-0.25, -0.2) is 13.6 Å². The fourth-order valence-electron chi connectivity index (χ4n) is 2.40. The Labute approximate surface area is 159 Å². The number of hydrogen-bond acceptors (Lipinski definition) is 4. The minimum atomic E-state index is -3.77. The van der Waals surface area contributed by atoms with Crippen LogP contribution in [0.15, 0.2) is 64.1 Å². The fourth-order valence-corrected chi connectivity index (χ4v) is 3.48. The summed E-state index contributed by atoms with van der Waals surface area (Å²) in [6, 6.07) is 13.5. The minimum Gasteiger partial charge on any atom is -0.267 e. The van der Waals surface area contributed by atoms with Gasteiger partial charge in [-0.05, 0) is 77.6 Å². The molecule has 1 amide bonds. The molecule has 2 aromatic carbocycles. The summed E-state index contributed by atoms with van der Waals surface area (Å²) in [5, 5.41) is 10.6. The average molecular weight is 467 g/mol. The molecule has 0 atom stereocenters. The van der Waals surface area contributed by atoms with E-state index in [2.05, 4.69) is 27.7 Å². The van der Waals surface area contributed by atoms with Crippen molar-refractivity contribution in [2.45, 2.75) is 11.8 Å². The quantitative estimate of drug-likeness (QED) is 0.556. The lowest BCUT2D eigenvalue weighted by Crippen LogP contribution is -2.21. The van der Waals surface area contributed by atoms with E-state index >= 15 is 0 Å². The molecule has 0 unspecified atom stereocenters. The van der Waals surface area contributed by atoms with Crippen LogP contribution in [0.4, 0.5) is 5.69 Å². The van der Waals surface area contributed by atoms with Crippen LogP contribution in [0.5, 0.6) is 0 Å². The van der Waals surface area contributed by atoms with Gasteiger partial charge in [0, 0.05) is 3.57 Å². The highest BCUT2D eigenvalue weighted by Crippen LogP contribution is 2.26. The summed E-state index contributed by atoms with van der Waals surface area (Å²) in [6.45, 7) is 1.76. The number of benzene rings is 2. The third-order valence-corrected chi connectivity index (χ3v) is 5.23. The summed E-state index contributed by atoms with van der Waals surface area (Å²) in [5.41, 5.74) is 2.48. The van der Waals surface area contributed by atoms with Gasteiger partial charge in [-0.3, -0.25) is 4.79 Å². The Morgan fingerprint density at radius 2 is 1.84 bits per heavy atom. The van der Waals surface area contributed by atoms with E-state index in [0.717, 1.165) is 9.13 Å². The monoisotopic (exact) mass is 467 g/mol. The molecular weight excluding hydrogens is 453 g/mol. The molecule has 1 heterocycles. The lowest BCUT2D eigenvalue weighted by molar-refractivity contribution is -0.114. The third-order valence-electron chi connectivity index (χ3n) is 3.63. The molecule has 0 radical (unpaired) electrons. The molecule has 6 nitrogen and oxygen atoms in total. The largest absolute Gasteiger partial charge is 0.280 e. The molecular formula is C17H14IN3O3S. The standard InChI is InChI=1S/C17H14IN3O3S/c1-11-16(10-12-3-2-4-13(18)9-12)17(22)21(20-11)14-5-7-15(8-6-14)25(19,23)24/h2-10H,1H3,(H2,19,23,24)/b16-10-. The van der Waals surface area contributed by atoms with Gasteiger partial charge in [0.15, 0.2) is 0 Å². The summed E-state index contributed by atoms with van der Waals surface area (Å²) < 4.78 is 23.7. The fraction of sp³-hybridized carbons (Fsp3) is 0.0588. The van der Waals surface area contributed by atoms with Crippen LogP contribution in [-0.4, -0.2) is 20.0 Å². The predicted octanol–water partition coefficient (Wildman–Crippen LogP) is 2.74. The number of nitrogens with two attached hydrogens (primary N) is 1. The molecule has 0 aromatic heterocycles. The Kier molecular flexibility index (Phi) is 4.76. The highest BCUT2D eigenvalue weighted by Gasteiger charge is 2.28. The van der Waals surface area contributed by atoms with Crippen LogP contribution in [0.1, 0.15) is 12.5 Å². The molecule has 128 valence electrons. The highest BCUT2D eigenvalue weighted by molar-refractivity contribution is 14.1. The Morgan fingerprint density at radius 1 is 1.16 bits per heavy atom. The van der Waals surface area contributed by atoms with E-state index in [1.165, 1.54) is 29.3 Å². The van der Waals surface area contributed by atoms with E-state index in [1.807, 2.05) is 24.3 Å². The van der Waals surface area contributed by atoms with Crippen molar-refractivity contribution in [3.63, 3.8) is 0 Å². The smallest absolute Gasteiger partial charge is 0.267 e. The molecule has 8 heteroatoms. The number of amides is 1. The van der Waals surface area contributed by atoms with Gasteiger partial charge >= 0.3 is 0 Å². The van der Waals surface area contributed by atoms with Crippen molar-refractivity contribution in [1.29, 1.82) is 0 Å². The summed E-state index contributed by atoms with van der Waals surface area (Å²) in [6.07, 6.45) is 1.79. The first-order valence-electron chi connectivity index (χ1n) is 7.26. The van der Waals surface area contributed by atoms with Gasteiger partial charge in [0.05, 0.1) is 21.9 Å². The van der Waals surface area contributed by atoms with E-state index < -0.39 is 10.0 Å². The zero-order chi connectivity index (χ0) is 18.2. The summed E-state index contributed by atoms with van der Waals surface area (Å²) in [4.78, 5) is 12.7. The van der Waals surface area contributed by atoms with Crippen LogP contribution >= 0.6 is 22.6 Å². The summed E-state index contributed by atoms with van der Waals surface area (Å²) in [7, 11) is -3.77. The molecule has 0 aliphatic carbocycles. The van der Waals surface area contributed by atoms with Gasteiger partial charge in [0.2, 0.25) is 10.0 Å². The first-order chi connectivity index (χ1) is 11.8. The van der Waals surface area contributed by atoms with Crippen LogP contribution in [0.2, 0.25) is 0 Å². The molecule has 2 N–H and O–H groups in total. The second-order valence-corrected chi connectivity index (χ2v) is 8.26. The molecule has 3 rings (SSSR count). The van der Waals surface area contributed by atoms with Crippen molar-refractivity contribution >= 4 is 56.0 Å². The average Bonchev–Trinajstić information content (AvgIpc) is 2.82. The molecule has 0 fully saturated rings. The number of primary sulfonamides is 1. The first-order valence-corrected chi connectivity index (χ1v) is 9.88. The number of carbonyl (C=O) groups is 1. The zero-order valence-electron chi connectivity index (χ0n) is 13.2. The van der Waals surface area contributed by atoms with Crippen LogP contribution in [0.3, 0.4) is 0 Å². The van der Waals surface area contributed by atoms with Crippen molar-refractivity contribution in [3.8, 4) is 0 Å². The van der Waals surface area contributed by atoms with Crippen molar-refractivity contribution < 1.29 is 13.2 Å². The van der Waals surface area contributed by atoms with Crippen LogP contribution in [-0.2, 0) is 14.8 Å². The normalized spacial score (nSPS) is 16.4.